The van der Waals surface area contributed by atoms with Gasteiger partial charge in [-0.15, -0.1) is 0 Å². The van der Waals surface area contributed by atoms with Gasteiger partial charge in [-0.05, 0) is 61.2 Å². The summed E-state index contributed by atoms with van der Waals surface area (Å²) in [6.07, 6.45) is 0.312. The molecular weight excluding hydrogens is 517 g/mol. The number of halogens is 1. The van der Waals surface area contributed by atoms with Gasteiger partial charge in [0.2, 0.25) is 11.8 Å². The Morgan fingerprint density at radius 2 is 1.54 bits per heavy atom. The number of hydrogen-bond acceptors (Lipinski definition) is 4. The van der Waals surface area contributed by atoms with E-state index in [2.05, 4.69) is 5.32 Å². The Kier molecular flexibility index (Phi) is 10.2. The van der Waals surface area contributed by atoms with Gasteiger partial charge in [0.1, 0.15) is 18.4 Å². The van der Waals surface area contributed by atoms with Crippen LogP contribution in [0.4, 0.5) is 10.1 Å². The molecule has 0 aromatic heterocycles. The number of benzene rings is 3. The van der Waals surface area contributed by atoms with Crippen LogP contribution < -0.4 is 9.62 Å². The van der Waals surface area contributed by atoms with Crippen molar-refractivity contribution >= 4 is 27.5 Å². The zero-order chi connectivity index (χ0) is 28.6. The van der Waals surface area contributed by atoms with E-state index in [-0.39, 0.29) is 23.3 Å². The second kappa shape index (κ2) is 13.4. The first-order chi connectivity index (χ1) is 18.5. The number of carbonyl (C=O) groups excluding carboxylic acids is 2. The van der Waals surface area contributed by atoms with Crippen LogP contribution in [0.5, 0.6) is 0 Å². The molecule has 1 atom stereocenters. The molecule has 0 saturated heterocycles. The number of carbonyl (C=O) groups is 2. The zero-order valence-electron chi connectivity index (χ0n) is 22.8. The van der Waals surface area contributed by atoms with Gasteiger partial charge in [0.05, 0.1) is 10.6 Å². The molecule has 3 aromatic carbocycles. The summed E-state index contributed by atoms with van der Waals surface area (Å²) in [5.74, 6) is -1.08. The molecule has 0 heterocycles. The second-order valence-electron chi connectivity index (χ2n) is 9.87. The van der Waals surface area contributed by atoms with Crippen LogP contribution in [0.3, 0.4) is 0 Å². The van der Waals surface area contributed by atoms with E-state index in [1.54, 1.807) is 61.5 Å². The van der Waals surface area contributed by atoms with Crippen LogP contribution in [0.2, 0.25) is 0 Å². The van der Waals surface area contributed by atoms with Gasteiger partial charge in [0.15, 0.2) is 0 Å². The predicted octanol–water partition coefficient (Wildman–Crippen LogP) is 4.91. The summed E-state index contributed by atoms with van der Waals surface area (Å²) in [4.78, 5) is 28.5. The molecule has 0 radical (unpaired) electrons. The minimum Gasteiger partial charge on any atom is -0.354 e. The Labute approximate surface area is 230 Å². The van der Waals surface area contributed by atoms with Gasteiger partial charge in [0.25, 0.3) is 10.0 Å². The molecule has 0 fully saturated rings. The Morgan fingerprint density at radius 3 is 2.10 bits per heavy atom. The van der Waals surface area contributed by atoms with Gasteiger partial charge in [-0.1, -0.05) is 68.8 Å². The molecule has 7 nitrogen and oxygen atoms in total. The zero-order valence-corrected chi connectivity index (χ0v) is 23.6. The van der Waals surface area contributed by atoms with E-state index in [1.165, 1.54) is 29.2 Å². The van der Waals surface area contributed by atoms with Crippen LogP contribution >= 0.6 is 0 Å². The highest BCUT2D eigenvalue weighted by Gasteiger charge is 2.33. The molecule has 0 spiro atoms. The molecule has 1 unspecified atom stereocenters. The molecular formula is C30H36FN3O4S. The first-order valence-electron chi connectivity index (χ1n) is 13.0. The van der Waals surface area contributed by atoms with Gasteiger partial charge >= 0.3 is 0 Å². The maximum Gasteiger partial charge on any atom is 0.264 e. The SMILES string of the molecule is CCC(C(=O)NCC(C)C)N(Cc1ccc(F)cc1)C(=O)CN(c1ccccc1)S(=O)(=O)c1ccc(C)cc1. The van der Waals surface area contributed by atoms with Crippen molar-refractivity contribution in [1.82, 2.24) is 10.2 Å². The molecule has 0 aliphatic heterocycles. The molecule has 39 heavy (non-hydrogen) atoms. The van der Waals surface area contributed by atoms with Crippen LogP contribution in [0.25, 0.3) is 0 Å². The predicted molar refractivity (Wildman–Crippen MR) is 151 cm³/mol. The number of sulfonamides is 1. The minimum absolute atomic E-state index is 0.0138. The number of amides is 2. The molecule has 1 N–H and O–H groups in total. The van der Waals surface area contributed by atoms with E-state index in [4.69, 9.17) is 0 Å². The van der Waals surface area contributed by atoms with Gasteiger partial charge in [-0.2, -0.15) is 0 Å². The average molecular weight is 554 g/mol. The van der Waals surface area contributed by atoms with E-state index >= 15 is 0 Å². The molecule has 0 saturated carbocycles. The topological polar surface area (TPSA) is 86.8 Å². The van der Waals surface area contributed by atoms with Crippen LogP contribution in [0.15, 0.2) is 83.8 Å². The average Bonchev–Trinajstić information content (AvgIpc) is 2.92. The number of para-hydroxylation sites is 1. The van der Waals surface area contributed by atoms with Crippen molar-refractivity contribution in [3.8, 4) is 0 Å². The van der Waals surface area contributed by atoms with Crippen molar-refractivity contribution in [3.05, 3.63) is 95.8 Å². The van der Waals surface area contributed by atoms with Crippen LogP contribution in [0.1, 0.15) is 38.3 Å². The Hall–Kier alpha value is -3.72. The van der Waals surface area contributed by atoms with Crippen molar-refractivity contribution in [2.24, 2.45) is 5.92 Å². The number of nitrogens with zero attached hydrogens (tertiary/aromatic N) is 2. The summed E-state index contributed by atoms with van der Waals surface area (Å²) < 4.78 is 42.2. The van der Waals surface area contributed by atoms with Gasteiger partial charge in [0, 0.05) is 13.1 Å². The lowest BCUT2D eigenvalue weighted by molar-refractivity contribution is -0.140. The molecule has 208 valence electrons. The van der Waals surface area contributed by atoms with Crippen molar-refractivity contribution in [2.75, 3.05) is 17.4 Å². The van der Waals surface area contributed by atoms with Gasteiger partial charge in [-0.25, -0.2) is 12.8 Å². The van der Waals surface area contributed by atoms with E-state index in [0.29, 0.717) is 24.2 Å². The van der Waals surface area contributed by atoms with Gasteiger partial charge < -0.3 is 10.2 Å². The highest BCUT2D eigenvalue weighted by atomic mass is 32.2. The molecule has 0 aliphatic rings. The van der Waals surface area contributed by atoms with E-state index in [1.807, 2.05) is 20.8 Å². The van der Waals surface area contributed by atoms with E-state index < -0.39 is 34.3 Å². The molecule has 0 bridgehead atoms. The van der Waals surface area contributed by atoms with E-state index in [0.717, 1.165) is 9.87 Å². The third-order valence-corrected chi connectivity index (χ3v) is 8.06. The number of hydrogen-bond donors (Lipinski definition) is 1. The van der Waals surface area contributed by atoms with Crippen molar-refractivity contribution in [2.45, 2.75) is 51.6 Å². The Balaban J connectivity index is 2.01. The largest absolute Gasteiger partial charge is 0.354 e. The fraction of sp³-hybridized carbons (Fsp3) is 0.333. The van der Waals surface area contributed by atoms with Crippen molar-refractivity contribution in [3.63, 3.8) is 0 Å². The first-order valence-corrected chi connectivity index (χ1v) is 14.4. The highest BCUT2D eigenvalue weighted by molar-refractivity contribution is 7.92. The molecule has 3 aromatic rings. The van der Waals surface area contributed by atoms with Crippen LogP contribution in [-0.4, -0.2) is 44.3 Å². The maximum absolute atomic E-state index is 13.9. The number of rotatable bonds is 12. The van der Waals surface area contributed by atoms with E-state index in [9.17, 15) is 22.4 Å². The lowest BCUT2D eigenvalue weighted by atomic mass is 10.1. The number of aryl methyl sites for hydroxylation is 1. The summed E-state index contributed by atoms with van der Waals surface area (Å²) in [7, 11) is -4.12. The quantitative estimate of drug-likeness (QED) is 0.345. The smallest absolute Gasteiger partial charge is 0.264 e. The summed E-state index contributed by atoms with van der Waals surface area (Å²) in [5.41, 5.74) is 1.85. The van der Waals surface area contributed by atoms with Crippen molar-refractivity contribution in [1.29, 1.82) is 0 Å². The fourth-order valence-electron chi connectivity index (χ4n) is 4.09. The molecule has 0 aliphatic carbocycles. The summed E-state index contributed by atoms with van der Waals surface area (Å²) in [6, 6.07) is 19.6. The normalized spacial score (nSPS) is 12.2. The summed E-state index contributed by atoms with van der Waals surface area (Å²) >= 11 is 0. The molecule has 2 amide bonds. The fourth-order valence-corrected chi connectivity index (χ4v) is 5.50. The lowest BCUT2D eigenvalue weighted by Crippen LogP contribution is -2.52. The number of anilines is 1. The van der Waals surface area contributed by atoms with Gasteiger partial charge in [-0.3, -0.25) is 13.9 Å². The van der Waals surface area contributed by atoms with Crippen LogP contribution in [-0.2, 0) is 26.2 Å². The maximum atomic E-state index is 13.9. The third kappa shape index (κ3) is 7.89. The van der Waals surface area contributed by atoms with Crippen molar-refractivity contribution < 1.29 is 22.4 Å². The minimum atomic E-state index is -4.12. The second-order valence-corrected chi connectivity index (χ2v) is 11.7. The Bertz CT molecular complexity index is 1350. The monoisotopic (exact) mass is 553 g/mol. The molecule has 9 heteroatoms. The third-order valence-electron chi connectivity index (χ3n) is 6.27. The number of nitrogens with one attached hydrogen (secondary N) is 1. The lowest BCUT2D eigenvalue weighted by Gasteiger charge is -2.33. The standard InChI is InChI=1S/C30H36FN3O4S/c1-5-28(30(36)32-19-22(2)3)33(20-24-13-15-25(31)16-14-24)29(35)21-34(26-9-7-6-8-10-26)39(37,38)27-17-11-23(4)12-18-27/h6-18,22,28H,5,19-21H2,1-4H3,(H,32,36). The summed E-state index contributed by atoms with van der Waals surface area (Å²) in [6.45, 7) is 7.52. The van der Waals surface area contributed by atoms with Crippen LogP contribution in [0, 0.1) is 18.7 Å². The molecule has 3 rings (SSSR count). The summed E-state index contributed by atoms with van der Waals surface area (Å²) in [5, 5.41) is 2.89. The first kappa shape index (κ1) is 29.8. The highest BCUT2D eigenvalue weighted by Crippen LogP contribution is 2.25. The Morgan fingerprint density at radius 1 is 0.923 bits per heavy atom.